The molecule has 0 aromatic heterocycles. The van der Waals surface area contributed by atoms with Crippen molar-refractivity contribution in [1.29, 1.82) is 0 Å². The van der Waals surface area contributed by atoms with E-state index in [9.17, 15) is 14.4 Å². The number of carbonyl (C=O) groups is 3. The van der Waals surface area contributed by atoms with Crippen molar-refractivity contribution in [3.05, 3.63) is 0 Å². The van der Waals surface area contributed by atoms with E-state index in [2.05, 4.69) is 9.47 Å². The van der Waals surface area contributed by atoms with E-state index < -0.39 is 29.9 Å². The van der Waals surface area contributed by atoms with Crippen molar-refractivity contribution in [3.63, 3.8) is 0 Å². The minimum absolute atomic E-state index is 0.210. The zero-order valence-corrected chi connectivity index (χ0v) is 7.56. The number of esters is 2. The number of rotatable bonds is 0. The lowest BCUT2D eigenvalue weighted by Gasteiger charge is -2.14. The average Bonchev–Trinajstić information content (AvgIpc) is 2.69. The minimum atomic E-state index is -0.536. The average molecular weight is 199 g/mol. The summed E-state index contributed by atoms with van der Waals surface area (Å²) in [6, 6.07) is 0. The summed E-state index contributed by atoms with van der Waals surface area (Å²) in [6.07, 6.45) is -0.514. The molecule has 2 aliphatic heterocycles. The van der Waals surface area contributed by atoms with Crippen LogP contribution < -0.4 is 0 Å². The molecular weight excluding hydrogens is 190 g/mol. The fraction of sp³-hybridized carbons (Fsp3) is 0.625. The van der Waals surface area contributed by atoms with Gasteiger partial charge in [-0.3, -0.25) is 9.59 Å². The summed E-state index contributed by atoms with van der Waals surface area (Å²) >= 11 is 0. The van der Waals surface area contributed by atoms with Crippen LogP contribution in [0.15, 0.2) is 0 Å². The third kappa shape index (κ3) is 1.14. The lowest BCUT2D eigenvalue weighted by molar-refractivity contribution is -0.154. The Kier molecular flexibility index (Phi) is 1.90. The molecule has 2 rings (SSSR count). The molecule has 1 amide bonds. The number of methoxy groups -OCH3 is 1. The number of nitrogens with zero attached hydrogens (tertiary/aromatic N) is 1. The largest absolute Gasteiger partial charge is 0.453 e. The quantitative estimate of drug-likeness (QED) is 0.384. The second kappa shape index (κ2) is 2.97. The lowest BCUT2D eigenvalue weighted by atomic mass is 10.00. The number of amides is 1. The lowest BCUT2D eigenvalue weighted by Crippen LogP contribution is -2.31. The smallest absolute Gasteiger partial charge is 0.409 e. The van der Waals surface area contributed by atoms with Gasteiger partial charge in [-0.2, -0.15) is 0 Å². The molecule has 0 saturated carbocycles. The van der Waals surface area contributed by atoms with Crippen LogP contribution in [0.4, 0.5) is 4.79 Å². The van der Waals surface area contributed by atoms with Gasteiger partial charge >= 0.3 is 18.0 Å². The molecule has 0 radical (unpaired) electrons. The van der Waals surface area contributed by atoms with Gasteiger partial charge in [0.15, 0.2) is 0 Å². The minimum Gasteiger partial charge on any atom is -0.453 e. The first-order chi connectivity index (χ1) is 6.63. The predicted molar refractivity (Wildman–Crippen MR) is 42.1 cm³/mol. The number of cyclic esters (lactones) is 2. The highest BCUT2D eigenvalue weighted by atomic mass is 16.6. The summed E-state index contributed by atoms with van der Waals surface area (Å²) in [6.45, 7) is 0.420. The molecule has 0 spiro atoms. The van der Waals surface area contributed by atoms with E-state index >= 15 is 0 Å². The molecule has 6 nitrogen and oxygen atoms in total. The first-order valence-electron chi connectivity index (χ1n) is 4.22. The Hall–Kier alpha value is -1.59. The van der Waals surface area contributed by atoms with Gasteiger partial charge in [-0.1, -0.05) is 0 Å². The Balaban J connectivity index is 2.11. The van der Waals surface area contributed by atoms with Crippen LogP contribution in [0.2, 0.25) is 0 Å². The topological polar surface area (TPSA) is 72.9 Å². The second-order valence-electron chi connectivity index (χ2n) is 3.33. The zero-order valence-electron chi connectivity index (χ0n) is 7.56. The van der Waals surface area contributed by atoms with Gasteiger partial charge in [-0.15, -0.1) is 0 Å². The zero-order chi connectivity index (χ0) is 10.3. The Morgan fingerprint density at radius 2 is 1.86 bits per heavy atom. The summed E-state index contributed by atoms with van der Waals surface area (Å²) < 4.78 is 8.93. The maximum absolute atomic E-state index is 11.1. The Morgan fingerprint density at radius 1 is 1.36 bits per heavy atom. The molecule has 2 saturated heterocycles. The molecule has 0 aromatic rings. The third-order valence-corrected chi connectivity index (χ3v) is 2.56. The molecule has 2 aliphatic rings. The molecule has 0 aliphatic carbocycles. The standard InChI is InChI=1S/C8H9NO5/c1-13-8(12)9-2-4-5(3-9)7(11)14-6(4)10/h4-5H,2-3H2,1H3. The first kappa shape index (κ1) is 8.98. The summed E-state index contributed by atoms with van der Waals surface area (Å²) in [5.41, 5.74) is 0. The molecule has 0 N–H and O–H groups in total. The van der Waals surface area contributed by atoms with E-state index in [0.717, 1.165) is 0 Å². The van der Waals surface area contributed by atoms with Crippen LogP contribution in [0.3, 0.4) is 0 Å². The van der Waals surface area contributed by atoms with Gasteiger partial charge in [0, 0.05) is 13.1 Å². The van der Waals surface area contributed by atoms with Gasteiger partial charge in [-0.05, 0) is 0 Å². The molecule has 2 unspecified atom stereocenters. The van der Waals surface area contributed by atoms with E-state index in [1.165, 1.54) is 12.0 Å². The number of carbonyl (C=O) groups excluding carboxylic acids is 3. The molecule has 14 heavy (non-hydrogen) atoms. The number of hydrogen-bond donors (Lipinski definition) is 0. The summed E-state index contributed by atoms with van der Waals surface area (Å²) in [4.78, 5) is 34.6. The van der Waals surface area contributed by atoms with Gasteiger partial charge in [0.05, 0.1) is 18.9 Å². The molecule has 6 heteroatoms. The fourth-order valence-electron chi connectivity index (χ4n) is 1.81. The van der Waals surface area contributed by atoms with E-state index in [-0.39, 0.29) is 13.1 Å². The monoisotopic (exact) mass is 199 g/mol. The van der Waals surface area contributed by atoms with E-state index in [4.69, 9.17) is 0 Å². The normalized spacial score (nSPS) is 30.2. The van der Waals surface area contributed by atoms with Crippen molar-refractivity contribution >= 4 is 18.0 Å². The van der Waals surface area contributed by atoms with Crippen molar-refractivity contribution < 1.29 is 23.9 Å². The number of ether oxygens (including phenoxy) is 2. The number of hydrogen-bond acceptors (Lipinski definition) is 5. The van der Waals surface area contributed by atoms with Crippen molar-refractivity contribution in [1.82, 2.24) is 4.90 Å². The highest BCUT2D eigenvalue weighted by Crippen LogP contribution is 2.31. The van der Waals surface area contributed by atoms with Crippen LogP contribution >= 0.6 is 0 Å². The maximum atomic E-state index is 11.1. The van der Waals surface area contributed by atoms with Crippen LogP contribution in [0.25, 0.3) is 0 Å². The molecular formula is C8H9NO5. The third-order valence-electron chi connectivity index (χ3n) is 2.56. The van der Waals surface area contributed by atoms with Gasteiger partial charge < -0.3 is 14.4 Å². The fourth-order valence-corrected chi connectivity index (χ4v) is 1.81. The highest BCUT2D eigenvalue weighted by Gasteiger charge is 2.51. The first-order valence-corrected chi connectivity index (χ1v) is 4.22. The van der Waals surface area contributed by atoms with Crippen LogP contribution in [0.5, 0.6) is 0 Å². The van der Waals surface area contributed by atoms with Crippen molar-refractivity contribution in [2.75, 3.05) is 20.2 Å². The Bertz CT molecular complexity index is 291. The Morgan fingerprint density at radius 3 is 2.29 bits per heavy atom. The molecule has 2 fully saturated rings. The van der Waals surface area contributed by atoms with E-state index in [1.807, 2.05) is 0 Å². The van der Waals surface area contributed by atoms with Crippen LogP contribution in [-0.4, -0.2) is 43.1 Å². The predicted octanol–water partition coefficient (Wildman–Crippen LogP) is -0.616. The SMILES string of the molecule is COC(=O)N1CC2C(=O)OC(=O)C2C1. The molecule has 0 bridgehead atoms. The number of likely N-dealkylation sites (tertiary alicyclic amines) is 1. The van der Waals surface area contributed by atoms with Crippen LogP contribution in [0, 0.1) is 11.8 Å². The van der Waals surface area contributed by atoms with Crippen molar-refractivity contribution in [3.8, 4) is 0 Å². The Labute approximate surface area is 79.8 Å². The van der Waals surface area contributed by atoms with Gasteiger partial charge in [0.2, 0.25) is 0 Å². The summed E-state index contributed by atoms with van der Waals surface area (Å²) in [7, 11) is 1.26. The van der Waals surface area contributed by atoms with Gasteiger partial charge in [-0.25, -0.2) is 4.79 Å². The summed E-state index contributed by atoms with van der Waals surface area (Å²) in [5, 5.41) is 0. The van der Waals surface area contributed by atoms with Crippen molar-refractivity contribution in [2.45, 2.75) is 0 Å². The molecule has 2 atom stereocenters. The van der Waals surface area contributed by atoms with Gasteiger partial charge in [0.25, 0.3) is 0 Å². The molecule has 76 valence electrons. The van der Waals surface area contributed by atoms with Crippen molar-refractivity contribution in [2.24, 2.45) is 11.8 Å². The molecule has 2 heterocycles. The second-order valence-corrected chi connectivity index (χ2v) is 3.33. The number of fused-ring (bicyclic) bond motifs is 1. The maximum Gasteiger partial charge on any atom is 0.409 e. The van der Waals surface area contributed by atoms with E-state index in [0.29, 0.717) is 0 Å². The molecule has 0 aromatic carbocycles. The summed E-state index contributed by atoms with van der Waals surface area (Å²) in [5.74, 6) is -2.07. The van der Waals surface area contributed by atoms with E-state index in [1.54, 1.807) is 0 Å². The van der Waals surface area contributed by atoms with Gasteiger partial charge in [0.1, 0.15) is 0 Å². The van der Waals surface area contributed by atoms with Crippen LogP contribution in [-0.2, 0) is 19.1 Å². The van der Waals surface area contributed by atoms with Crippen LogP contribution in [0.1, 0.15) is 0 Å². The highest BCUT2D eigenvalue weighted by molar-refractivity contribution is 5.97.